The molecule has 0 unspecified atom stereocenters. The van der Waals surface area contributed by atoms with E-state index in [1.807, 2.05) is 10.3 Å². The van der Waals surface area contributed by atoms with Crippen LogP contribution in [-0.4, -0.2) is 62.1 Å². The van der Waals surface area contributed by atoms with Gasteiger partial charge in [-0.15, -0.1) is 11.3 Å². The van der Waals surface area contributed by atoms with Crippen LogP contribution < -0.4 is 9.47 Å². The van der Waals surface area contributed by atoms with Crippen molar-refractivity contribution in [2.45, 2.75) is 32.1 Å². The molecule has 4 heterocycles. The maximum atomic E-state index is 12.9. The van der Waals surface area contributed by atoms with E-state index in [0.29, 0.717) is 29.3 Å². The number of carbonyl (C=O) groups is 1. The molecule has 0 bridgehead atoms. The number of nitrogens with zero attached hydrogens (tertiary/aromatic N) is 2. The standard InChI is InChI=1S/C18H26N2O3S/c1-19-7-2-3-18(4-8-19)5-9-20(10-6-18)17(21)16-15-14(13-24-16)22-11-12-23-15/h13H,2-12H2,1H3. The van der Waals surface area contributed by atoms with Crippen LogP contribution in [0, 0.1) is 5.41 Å². The maximum Gasteiger partial charge on any atom is 0.267 e. The highest BCUT2D eigenvalue weighted by molar-refractivity contribution is 7.12. The predicted molar refractivity (Wildman–Crippen MR) is 94.2 cm³/mol. The zero-order chi connectivity index (χ0) is 16.6. The van der Waals surface area contributed by atoms with E-state index in [1.165, 1.54) is 43.7 Å². The highest BCUT2D eigenvalue weighted by atomic mass is 32.1. The highest BCUT2D eigenvalue weighted by Gasteiger charge is 2.38. The zero-order valence-corrected chi connectivity index (χ0v) is 15.2. The molecule has 1 amide bonds. The Morgan fingerprint density at radius 3 is 2.67 bits per heavy atom. The van der Waals surface area contributed by atoms with Crippen LogP contribution in [0.15, 0.2) is 5.38 Å². The fraction of sp³-hybridized carbons (Fsp3) is 0.722. The number of ether oxygens (including phenoxy) is 2. The van der Waals surface area contributed by atoms with Gasteiger partial charge in [0.15, 0.2) is 11.5 Å². The minimum atomic E-state index is 0.118. The molecule has 24 heavy (non-hydrogen) atoms. The lowest BCUT2D eigenvalue weighted by Gasteiger charge is -2.41. The summed E-state index contributed by atoms with van der Waals surface area (Å²) in [4.78, 5) is 18.1. The lowest BCUT2D eigenvalue weighted by molar-refractivity contribution is 0.0540. The van der Waals surface area contributed by atoms with E-state index in [4.69, 9.17) is 9.47 Å². The predicted octanol–water partition coefficient (Wildman–Crippen LogP) is 2.86. The first kappa shape index (κ1) is 16.2. The lowest BCUT2D eigenvalue weighted by Crippen LogP contribution is -2.43. The summed E-state index contributed by atoms with van der Waals surface area (Å²) in [5, 5.41) is 1.90. The van der Waals surface area contributed by atoms with Crippen molar-refractivity contribution in [3.05, 3.63) is 10.3 Å². The molecule has 1 aromatic rings. The van der Waals surface area contributed by atoms with Crippen molar-refractivity contribution in [1.29, 1.82) is 0 Å². The molecule has 3 aliphatic heterocycles. The van der Waals surface area contributed by atoms with Gasteiger partial charge < -0.3 is 19.3 Å². The second kappa shape index (κ2) is 6.56. The molecular weight excluding hydrogens is 324 g/mol. The number of rotatable bonds is 1. The molecule has 4 rings (SSSR count). The van der Waals surface area contributed by atoms with Crippen LogP contribution in [-0.2, 0) is 0 Å². The summed E-state index contributed by atoms with van der Waals surface area (Å²) in [6.07, 6.45) is 6.14. The Bertz CT molecular complexity index is 607. The number of hydrogen-bond donors (Lipinski definition) is 0. The van der Waals surface area contributed by atoms with Crippen LogP contribution in [0.2, 0.25) is 0 Å². The molecule has 0 aromatic carbocycles. The molecule has 132 valence electrons. The number of likely N-dealkylation sites (tertiary alicyclic amines) is 2. The van der Waals surface area contributed by atoms with Gasteiger partial charge in [0.25, 0.3) is 5.91 Å². The summed E-state index contributed by atoms with van der Waals surface area (Å²) >= 11 is 1.45. The van der Waals surface area contributed by atoms with Crippen molar-refractivity contribution >= 4 is 17.2 Å². The topological polar surface area (TPSA) is 42.0 Å². The fourth-order valence-corrected chi connectivity index (χ4v) is 5.12. The number of piperidine rings is 1. The van der Waals surface area contributed by atoms with E-state index in [9.17, 15) is 4.79 Å². The van der Waals surface area contributed by atoms with Gasteiger partial charge in [-0.3, -0.25) is 4.79 Å². The first-order valence-electron chi connectivity index (χ1n) is 9.02. The maximum absolute atomic E-state index is 12.9. The fourth-order valence-electron chi connectivity index (χ4n) is 4.23. The van der Waals surface area contributed by atoms with Gasteiger partial charge in [0.2, 0.25) is 0 Å². The quantitative estimate of drug-likeness (QED) is 0.781. The summed E-state index contributed by atoms with van der Waals surface area (Å²) in [6.45, 7) is 5.24. The van der Waals surface area contributed by atoms with Crippen LogP contribution in [0.5, 0.6) is 11.5 Å². The Kier molecular flexibility index (Phi) is 4.43. The molecule has 0 atom stereocenters. The second-order valence-corrected chi connectivity index (χ2v) is 8.28. The third-order valence-electron chi connectivity index (χ3n) is 5.88. The van der Waals surface area contributed by atoms with Gasteiger partial charge in [-0.1, -0.05) is 0 Å². The number of carbonyl (C=O) groups excluding carboxylic acids is 1. The Morgan fingerprint density at radius 2 is 1.83 bits per heavy atom. The van der Waals surface area contributed by atoms with Gasteiger partial charge in [0.1, 0.15) is 18.1 Å². The van der Waals surface area contributed by atoms with Crippen LogP contribution in [0.25, 0.3) is 0 Å². The summed E-state index contributed by atoms with van der Waals surface area (Å²) in [5.41, 5.74) is 0.454. The summed E-state index contributed by atoms with van der Waals surface area (Å²) < 4.78 is 11.2. The Morgan fingerprint density at radius 1 is 1.08 bits per heavy atom. The van der Waals surface area contributed by atoms with Crippen LogP contribution in [0.4, 0.5) is 0 Å². The first-order valence-corrected chi connectivity index (χ1v) is 9.90. The SMILES string of the molecule is CN1CCCC2(CC1)CCN(C(=O)c1scc3c1OCCO3)CC2. The van der Waals surface area contributed by atoms with Crippen molar-refractivity contribution in [2.75, 3.05) is 46.4 Å². The van der Waals surface area contributed by atoms with Gasteiger partial charge in [-0.05, 0) is 57.7 Å². The molecule has 0 aliphatic carbocycles. The van der Waals surface area contributed by atoms with E-state index >= 15 is 0 Å². The molecule has 6 heteroatoms. The van der Waals surface area contributed by atoms with Crippen LogP contribution in [0.1, 0.15) is 41.8 Å². The minimum Gasteiger partial charge on any atom is -0.485 e. The molecule has 2 saturated heterocycles. The molecule has 5 nitrogen and oxygen atoms in total. The van der Waals surface area contributed by atoms with Crippen molar-refractivity contribution < 1.29 is 14.3 Å². The molecule has 1 aromatic heterocycles. The lowest BCUT2D eigenvalue weighted by atomic mass is 9.73. The van der Waals surface area contributed by atoms with Crippen molar-refractivity contribution in [3.63, 3.8) is 0 Å². The molecule has 0 N–H and O–H groups in total. The number of thiophene rings is 1. The van der Waals surface area contributed by atoms with Crippen LogP contribution in [0.3, 0.4) is 0 Å². The average molecular weight is 350 g/mol. The van der Waals surface area contributed by atoms with Crippen molar-refractivity contribution in [2.24, 2.45) is 5.41 Å². The van der Waals surface area contributed by atoms with Gasteiger partial charge >= 0.3 is 0 Å². The first-order chi connectivity index (χ1) is 11.7. The van der Waals surface area contributed by atoms with Gasteiger partial charge in [0.05, 0.1) is 0 Å². The van der Waals surface area contributed by atoms with Gasteiger partial charge in [0, 0.05) is 18.5 Å². The Balaban J connectivity index is 1.42. The van der Waals surface area contributed by atoms with Crippen LogP contribution >= 0.6 is 11.3 Å². The van der Waals surface area contributed by atoms with E-state index < -0.39 is 0 Å². The molecule has 2 fully saturated rings. The van der Waals surface area contributed by atoms with E-state index in [0.717, 1.165) is 31.7 Å². The largest absolute Gasteiger partial charge is 0.485 e. The second-order valence-electron chi connectivity index (χ2n) is 7.40. The summed E-state index contributed by atoms with van der Waals surface area (Å²) in [6, 6.07) is 0. The average Bonchev–Trinajstić information content (AvgIpc) is 2.96. The molecular formula is C18H26N2O3S. The third-order valence-corrected chi connectivity index (χ3v) is 6.81. The molecule has 3 aliphatic rings. The highest BCUT2D eigenvalue weighted by Crippen LogP contribution is 2.43. The molecule has 0 saturated carbocycles. The number of hydrogen-bond acceptors (Lipinski definition) is 5. The minimum absolute atomic E-state index is 0.118. The zero-order valence-electron chi connectivity index (χ0n) is 14.4. The summed E-state index contributed by atoms with van der Waals surface area (Å²) in [7, 11) is 2.22. The van der Waals surface area contributed by atoms with E-state index in [2.05, 4.69) is 11.9 Å². The molecule has 0 radical (unpaired) electrons. The number of fused-ring (bicyclic) bond motifs is 1. The molecule has 1 spiro atoms. The van der Waals surface area contributed by atoms with Crippen molar-refractivity contribution in [1.82, 2.24) is 9.80 Å². The Hall–Kier alpha value is -1.27. The van der Waals surface area contributed by atoms with Gasteiger partial charge in [-0.25, -0.2) is 0 Å². The van der Waals surface area contributed by atoms with E-state index in [-0.39, 0.29) is 5.91 Å². The van der Waals surface area contributed by atoms with Crippen molar-refractivity contribution in [3.8, 4) is 11.5 Å². The van der Waals surface area contributed by atoms with Gasteiger partial charge in [-0.2, -0.15) is 0 Å². The normalized spacial score (nSPS) is 24.0. The van der Waals surface area contributed by atoms with E-state index in [1.54, 1.807) is 0 Å². The number of amides is 1. The Labute approximate surface area is 147 Å². The third kappa shape index (κ3) is 3.02. The summed E-state index contributed by atoms with van der Waals surface area (Å²) in [5.74, 6) is 1.51. The smallest absolute Gasteiger partial charge is 0.267 e. The monoisotopic (exact) mass is 350 g/mol.